The fourth-order valence-corrected chi connectivity index (χ4v) is 6.21. The zero-order valence-electron chi connectivity index (χ0n) is 26.2. The van der Waals surface area contributed by atoms with Crippen LogP contribution in [0.15, 0.2) is 168 Å². The van der Waals surface area contributed by atoms with Crippen LogP contribution in [0.5, 0.6) is 0 Å². The van der Waals surface area contributed by atoms with Crippen molar-refractivity contribution in [1.82, 2.24) is 24.9 Å². The smallest absolute Gasteiger partial charge is 0.180 e. The minimum atomic E-state index is 0.617. The van der Waals surface area contributed by atoms with Gasteiger partial charge in [-0.05, 0) is 52.6 Å². The highest BCUT2D eigenvalue weighted by Gasteiger charge is 2.17. The molecule has 0 aliphatic carbocycles. The molecule has 230 valence electrons. The van der Waals surface area contributed by atoms with Crippen molar-refractivity contribution in [2.24, 2.45) is 0 Å². The van der Waals surface area contributed by atoms with Crippen LogP contribution < -0.4 is 0 Å². The summed E-state index contributed by atoms with van der Waals surface area (Å²) in [5.41, 5.74) is 11.1. The lowest BCUT2D eigenvalue weighted by molar-refractivity contribution is 0.667. The third-order valence-electron chi connectivity index (χ3n) is 8.65. The molecule has 6 heteroatoms. The van der Waals surface area contributed by atoms with E-state index < -0.39 is 0 Å². The van der Waals surface area contributed by atoms with Gasteiger partial charge in [-0.25, -0.2) is 24.9 Å². The standard InChI is InChI=1S/C43H27N5O/c1-4-12-28(13-5-1)33-24-34(26-35(25-33)38-40-39(45-27-44-38)36-18-10-11-19-37(36)49-40)29-20-22-32(23-21-29)43-47-41(30-14-6-2-7-15-30)46-42(48-43)31-16-8-3-9-17-31/h1-27H. The average Bonchev–Trinajstić information content (AvgIpc) is 3.58. The second kappa shape index (κ2) is 12.1. The molecular formula is C43H27N5O. The van der Waals surface area contributed by atoms with E-state index in [4.69, 9.17) is 24.4 Å². The molecular weight excluding hydrogens is 603 g/mol. The summed E-state index contributed by atoms with van der Waals surface area (Å²) >= 11 is 0. The zero-order valence-corrected chi connectivity index (χ0v) is 26.2. The predicted molar refractivity (Wildman–Crippen MR) is 195 cm³/mol. The molecule has 0 fully saturated rings. The number of nitrogens with zero attached hydrogens (tertiary/aromatic N) is 5. The fraction of sp³-hybridized carbons (Fsp3) is 0. The maximum absolute atomic E-state index is 6.33. The van der Waals surface area contributed by atoms with Crippen molar-refractivity contribution in [3.63, 3.8) is 0 Å². The molecule has 9 aromatic rings. The maximum atomic E-state index is 6.33. The van der Waals surface area contributed by atoms with Gasteiger partial charge in [0.05, 0.1) is 0 Å². The lowest BCUT2D eigenvalue weighted by Crippen LogP contribution is -2.00. The van der Waals surface area contributed by atoms with Crippen molar-refractivity contribution in [1.29, 1.82) is 0 Å². The molecule has 0 aliphatic heterocycles. The van der Waals surface area contributed by atoms with Gasteiger partial charge in [0.2, 0.25) is 0 Å². The van der Waals surface area contributed by atoms with Gasteiger partial charge < -0.3 is 4.42 Å². The fourth-order valence-electron chi connectivity index (χ4n) is 6.21. The first-order valence-electron chi connectivity index (χ1n) is 16.1. The summed E-state index contributed by atoms with van der Waals surface area (Å²) in [7, 11) is 0. The quantitative estimate of drug-likeness (QED) is 0.182. The van der Waals surface area contributed by atoms with E-state index in [0.29, 0.717) is 23.1 Å². The Hall–Kier alpha value is -6.79. The van der Waals surface area contributed by atoms with Crippen LogP contribution in [0.25, 0.3) is 89.7 Å². The zero-order chi connectivity index (χ0) is 32.6. The van der Waals surface area contributed by atoms with E-state index in [1.165, 1.54) is 0 Å². The Morgan fingerprint density at radius 1 is 0.367 bits per heavy atom. The van der Waals surface area contributed by atoms with Crippen LogP contribution >= 0.6 is 0 Å². The molecule has 3 heterocycles. The number of para-hydroxylation sites is 1. The van der Waals surface area contributed by atoms with E-state index in [9.17, 15) is 0 Å². The van der Waals surface area contributed by atoms with Gasteiger partial charge in [-0.3, -0.25) is 0 Å². The van der Waals surface area contributed by atoms with Crippen LogP contribution in [0, 0.1) is 0 Å². The molecule has 6 aromatic carbocycles. The summed E-state index contributed by atoms with van der Waals surface area (Å²) in [5, 5.41) is 0.973. The Balaban J connectivity index is 1.16. The number of rotatable bonds is 6. The third-order valence-corrected chi connectivity index (χ3v) is 8.65. The van der Waals surface area contributed by atoms with Crippen LogP contribution in [0.1, 0.15) is 0 Å². The SMILES string of the molecule is c1ccc(-c2cc(-c3ccc(-c4nc(-c5ccccc5)nc(-c5ccccc5)n4)cc3)cc(-c3ncnc4c3oc3ccccc34)c2)cc1. The molecule has 9 rings (SSSR count). The van der Waals surface area contributed by atoms with Crippen LogP contribution in [-0.2, 0) is 0 Å². The largest absolute Gasteiger partial charge is 0.452 e. The van der Waals surface area contributed by atoms with Crippen LogP contribution in [-0.4, -0.2) is 24.9 Å². The predicted octanol–water partition coefficient (Wildman–Crippen LogP) is 10.6. The molecule has 0 N–H and O–H groups in total. The summed E-state index contributed by atoms with van der Waals surface area (Å²) in [6.07, 6.45) is 1.62. The van der Waals surface area contributed by atoms with Gasteiger partial charge in [-0.15, -0.1) is 0 Å². The topological polar surface area (TPSA) is 77.6 Å². The molecule has 6 nitrogen and oxygen atoms in total. The lowest BCUT2D eigenvalue weighted by atomic mass is 9.94. The van der Waals surface area contributed by atoms with Gasteiger partial charge in [0, 0.05) is 27.6 Å². The van der Waals surface area contributed by atoms with Gasteiger partial charge in [0.25, 0.3) is 0 Å². The van der Waals surface area contributed by atoms with Crippen molar-refractivity contribution in [2.75, 3.05) is 0 Å². The molecule has 0 spiro atoms. The van der Waals surface area contributed by atoms with E-state index in [2.05, 4.69) is 71.7 Å². The lowest BCUT2D eigenvalue weighted by Gasteiger charge is -2.12. The number of hydrogen-bond acceptors (Lipinski definition) is 6. The Kier molecular flexibility index (Phi) is 7.02. The van der Waals surface area contributed by atoms with Gasteiger partial charge >= 0.3 is 0 Å². The summed E-state index contributed by atoms with van der Waals surface area (Å²) in [5.74, 6) is 1.89. The van der Waals surface area contributed by atoms with Crippen molar-refractivity contribution >= 4 is 22.1 Å². The van der Waals surface area contributed by atoms with E-state index >= 15 is 0 Å². The van der Waals surface area contributed by atoms with Gasteiger partial charge in [0.1, 0.15) is 23.1 Å². The monoisotopic (exact) mass is 629 g/mol. The maximum Gasteiger partial charge on any atom is 0.180 e. The molecule has 0 bridgehead atoms. The number of benzene rings is 6. The van der Waals surface area contributed by atoms with Gasteiger partial charge in [-0.1, -0.05) is 127 Å². The first kappa shape index (κ1) is 28.4. The highest BCUT2D eigenvalue weighted by Crippen LogP contribution is 2.37. The molecule has 0 amide bonds. The summed E-state index contributed by atoms with van der Waals surface area (Å²) in [6.45, 7) is 0. The van der Waals surface area contributed by atoms with Crippen molar-refractivity contribution < 1.29 is 4.42 Å². The highest BCUT2D eigenvalue weighted by atomic mass is 16.3. The highest BCUT2D eigenvalue weighted by molar-refractivity contribution is 6.06. The Morgan fingerprint density at radius 3 is 1.41 bits per heavy atom. The van der Waals surface area contributed by atoms with Crippen molar-refractivity contribution in [3.8, 4) is 67.7 Å². The van der Waals surface area contributed by atoms with Crippen molar-refractivity contribution in [3.05, 3.63) is 164 Å². The molecule has 0 saturated heterocycles. The number of hydrogen-bond donors (Lipinski definition) is 0. The summed E-state index contributed by atoms with van der Waals surface area (Å²) in [6, 6.07) is 53.3. The molecule has 3 aromatic heterocycles. The second-order valence-electron chi connectivity index (χ2n) is 11.8. The van der Waals surface area contributed by atoms with Crippen LogP contribution in [0.3, 0.4) is 0 Å². The minimum absolute atomic E-state index is 0.617. The summed E-state index contributed by atoms with van der Waals surface area (Å²) < 4.78 is 6.33. The van der Waals surface area contributed by atoms with Gasteiger partial charge in [0.15, 0.2) is 23.1 Å². The molecule has 0 radical (unpaired) electrons. The van der Waals surface area contributed by atoms with E-state index in [-0.39, 0.29) is 0 Å². The minimum Gasteiger partial charge on any atom is -0.452 e. The van der Waals surface area contributed by atoms with Gasteiger partial charge in [-0.2, -0.15) is 0 Å². The Bertz CT molecular complexity index is 2530. The summed E-state index contributed by atoms with van der Waals surface area (Å²) in [4.78, 5) is 24.0. The van der Waals surface area contributed by atoms with E-state index in [1.54, 1.807) is 6.33 Å². The normalized spacial score (nSPS) is 11.3. The first-order valence-corrected chi connectivity index (χ1v) is 16.1. The molecule has 0 saturated carbocycles. The van der Waals surface area contributed by atoms with E-state index in [0.717, 1.165) is 66.7 Å². The number of furan rings is 1. The average molecular weight is 630 g/mol. The van der Waals surface area contributed by atoms with Crippen LogP contribution in [0.2, 0.25) is 0 Å². The number of fused-ring (bicyclic) bond motifs is 3. The molecule has 0 aliphatic rings. The van der Waals surface area contributed by atoms with Crippen LogP contribution in [0.4, 0.5) is 0 Å². The first-order chi connectivity index (χ1) is 24.3. The third kappa shape index (κ3) is 5.41. The second-order valence-corrected chi connectivity index (χ2v) is 11.8. The number of aromatic nitrogens is 5. The molecule has 0 atom stereocenters. The Morgan fingerprint density at radius 2 is 0.816 bits per heavy atom. The Labute approximate surface area is 282 Å². The molecule has 49 heavy (non-hydrogen) atoms. The van der Waals surface area contributed by atoms with Crippen molar-refractivity contribution in [2.45, 2.75) is 0 Å². The van der Waals surface area contributed by atoms with E-state index in [1.807, 2.05) is 91.0 Å². The molecule has 0 unspecified atom stereocenters.